The van der Waals surface area contributed by atoms with E-state index in [1.54, 1.807) is 0 Å². The van der Waals surface area contributed by atoms with E-state index in [2.05, 4.69) is 9.97 Å². The van der Waals surface area contributed by atoms with Gasteiger partial charge < -0.3 is 4.74 Å². The fourth-order valence-electron chi connectivity index (χ4n) is 2.58. The summed E-state index contributed by atoms with van der Waals surface area (Å²) in [6.07, 6.45) is 0.181. The molecular formula is C18H19BClN3O2. The number of rotatable bonds is 2. The van der Waals surface area contributed by atoms with Gasteiger partial charge in [-0.3, -0.25) is 0 Å². The van der Waals surface area contributed by atoms with Crippen molar-refractivity contribution in [3.8, 4) is 11.4 Å². The number of nitrogens with zero attached hydrogens (tertiary/aromatic N) is 3. The Kier molecular flexibility index (Phi) is 4.56. The molecule has 0 aliphatic heterocycles. The summed E-state index contributed by atoms with van der Waals surface area (Å²) >= 11 is 6.38. The molecule has 0 radical (unpaired) electrons. The summed E-state index contributed by atoms with van der Waals surface area (Å²) in [5.41, 5.74) is 1.48. The van der Waals surface area contributed by atoms with Crippen LogP contribution in [0.1, 0.15) is 26.5 Å². The molecular weight excluding hydrogens is 336 g/mol. The highest BCUT2D eigenvalue weighted by Crippen LogP contribution is 2.28. The molecule has 7 heteroatoms. The Bertz CT molecular complexity index is 933. The summed E-state index contributed by atoms with van der Waals surface area (Å²) in [6, 6.07) is 11.4. The molecule has 2 aromatic heterocycles. The van der Waals surface area contributed by atoms with Crippen LogP contribution < -0.4 is 0 Å². The molecule has 0 spiro atoms. The second-order valence-electron chi connectivity index (χ2n) is 6.75. The van der Waals surface area contributed by atoms with Gasteiger partial charge in [-0.1, -0.05) is 41.9 Å². The van der Waals surface area contributed by atoms with E-state index < -0.39 is 11.7 Å². The lowest BCUT2D eigenvalue weighted by atomic mass is 10.0. The molecule has 1 aromatic carbocycles. The number of halogens is 1. The summed E-state index contributed by atoms with van der Waals surface area (Å²) in [5.74, 6) is 0.476. The number of carbonyl (C=O) groups excluding carboxylic acids is 1. The van der Waals surface area contributed by atoms with E-state index in [9.17, 15) is 4.79 Å². The zero-order valence-corrected chi connectivity index (χ0v) is 15.5. The number of aromatic nitrogens is 3. The van der Waals surface area contributed by atoms with E-state index in [1.165, 1.54) is 4.57 Å². The molecule has 0 atom stereocenters. The summed E-state index contributed by atoms with van der Waals surface area (Å²) in [7, 11) is 1.97. The largest absolute Gasteiger partial charge is 0.443 e. The zero-order chi connectivity index (χ0) is 18.2. The van der Waals surface area contributed by atoms with E-state index in [0.29, 0.717) is 28.3 Å². The van der Waals surface area contributed by atoms with Crippen molar-refractivity contribution in [3.05, 3.63) is 47.2 Å². The van der Waals surface area contributed by atoms with Gasteiger partial charge in [0, 0.05) is 11.3 Å². The van der Waals surface area contributed by atoms with Gasteiger partial charge in [-0.25, -0.2) is 19.3 Å². The minimum Gasteiger partial charge on any atom is -0.443 e. The van der Waals surface area contributed by atoms with Crippen molar-refractivity contribution in [1.29, 1.82) is 0 Å². The molecule has 0 N–H and O–H groups in total. The minimum atomic E-state index is -0.599. The van der Waals surface area contributed by atoms with Crippen LogP contribution in [0.15, 0.2) is 36.4 Å². The van der Waals surface area contributed by atoms with E-state index in [-0.39, 0.29) is 0 Å². The van der Waals surface area contributed by atoms with Gasteiger partial charge in [-0.2, -0.15) is 0 Å². The number of hydrogen-bond donors (Lipinski definition) is 0. The van der Waals surface area contributed by atoms with Gasteiger partial charge >= 0.3 is 6.09 Å². The van der Waals surface area contributed by atoms with Crippen LogP contribution in [-0.2, 0) is 11.1 Å². The smallest absolute Gasteiger partial charge is 0.420 e. The third-order valence-corrected chi connectivity index (χ3v) is 3.95. The summed E-state index contributed by atoms with van der Waals surface area (Å²) in [6.45, 7) is 5.50. The number of carbonyl (C=O) groups is 1. The topological polar surface area (TPSA) is 57.0 Å². The average molecular weight is 356 g/mol. The minimum absolute atomic E-state index is 0.320. The summed E-state index contributed by atoms with van der Waals surface area (Å²) in [5, 5.41) is 0.963. The first kappa shape index (κ1) is 17.5. The lowest BCUT2D eigenvalue weighted by Gasteiger charge is -2.20. The van der Waals surface area contributed by atoms with Crippen LogP contribution in [0, 0.1) is 0 Å². The van der Waals surface area contributed by atoms with Crippen LogP contribution in [0.25, 0.3) is 22.4 Å². The zero-order valence-electron chi connectivity index (χ0n) is 14.7. The Hall–Kier alpha value is -2.34. The van der Waals surface area contributed by atoms with Crippen LogP contribution >= 0.6 is 11.6 Å². The van der Waals surface area contributed by atoms with Crippen LogP contribution in [0.4, 0.5) is 4.79 Å². The number of benzene rings is 1. The summed E-state index contributed by atoms with van der Waals surface area (Å²) < 4.78 is 7.03. The van der Waals surface area contributed by atoms with Crippen molar-refractivity contribution >= 4 is 36.6 Å². The number of hydrogen-bond acceptors (Lipinski definition) is 4. The lowest BCUT2D eigenvalue weighted by molar-refractivity contribution is 0.0540. The first-order valence-corrected chi connectivity index (χ1v) is 8.54. The Labute approximate surface area is 152 Å². The molecule has 0 bridgehead atoms. The molecule has 0 saturated carbocycles. The third-order valence-electron chi connectivity index (χ3n) is 3.66. The molecule has 3 rings (SSSR count). The van der Waals surface area contributed by atoms with Crippen molar-refractivity contribution in [3.63, 3.8) is 0 Å². The first-order chi connectivity index (χ1) is 11.8. The highest BCUT2D eigenvalue weighted by Gasteiger charge is 2.24. The first-order valence-electron chi connectivity index (χ1n) is 8.17. The van der Waals surface area contributed by atoms with Crippen molar-refractivity contribution in [2.75, 3.05) is 0 Å². The monoisotopic (exact) mass is 355 g/mol. The van der Waals surface area contributed by atoms with Gasteiger partial charge in [0.25, 0.3) is 0 Å². The van der Waals surface area contributed by atoms with Gasteiger partial charge in [0.2, 0.25) is 0 Å². The van der Waals surface area contributed by atoms with E-state index in [1.807, 2.05) is 65.0 Å². The van der Waals surface area contributed by atoms with Crippen LogP contribution in [0.2, 0.25) is 5.15 Å². The van der Waals surface area contributed by atoms with Crippen LogP contribution in [-0.4, -0.2) is 34.1 Å². The standard InChI is InChI=1S/C18H19BClN3O2/c1-18(2,3)25-17(24)23-12(10-19)9-13-14(20)21-15(22-16(13)23)11-7-5-4-6-8-11/h4-9H,10,19H2,1-3H3. The van der Waals surface area contributed by atoms with E-state index in [0.717, 1.165) is 11.3 Å². The molecule has 0 unspecified atom stereocenters. The third kappa shape index (κ3) is 3.54. The molecule has 0 fully saturated rings. The van der Waals surface area contributed by atoms with Gasteiger partial charge in [-0.15, -0.1) is 0 Å². The maximum absolute atomic E-state index is 12.7. The molecule has 25 heavy (non-hydrogen) atoms. The molecule has 0 aliphatic carbocycles. The molecule has 5 nitrogen and oxygen atoms in total. The molecule has 2 heterocycles. The van der Waals surface area contributed by atoms with Gasteiger partial charge in [0.05, 0.1) is 5.39 Å². The Morgan fingerprint density at radius 1 is 1.24 bits per heavy atom. The SMILES string of the molecule is BCc1cc2c(Cl)nc(-c3ccccc3)nc2n1C(=O)OC(C)(C)C. The molecule has 128 valence electrons. The van der Waals surface area contributed by atoms with Crippen molar-refractivity contribution in [2.45, 2.75) is 32.7 Å². The quantitative estimate of drug-likeness (QED) is 0.520. The van der Waals surface area contributed by atoms with Crippen LogP contribution in [0.5, 0.6) is 0 Å². The van der Waals surface area contributed by atoms with Crippen molar-refractivity contribution in [2.24, 2.45) is 0 Å². The maximum Gasteiger partial charge on any atom is 0.420 e. The van der Waals surface area contributed by atoms with E-state index >= 15 is 0 Å². The lowest BCUT2D eigenvalue weighted by Crippen LogP contribution is -2.28. The number of ether oxygens (including phenoxy) is 1. The van der Waals surface area contributed by atoms with Gasteiger partial charge in [0.15, 0.2) is 11.5 Å². The molecule has 0 aliphatic rings. The molecule has 0 saturated heterocycles. The Morgan fingerprint density at radius 2 is 1.92 bits per heavy atom. The predicted molar refractivity (Wildman–Crippen MR) is 102 cm³/mol. The molecule has 3 aromatic rings. The average Bonchev–Trinajstić information content (AvgIpc) is 2.93. The van der Waals surface area contributed by atoms with Crippen molar-refractivity contribution in [1.82, 2.24) is 14.5 Å². The second-order valence-corrected chi connectivity index (χ2v) is 7.10. The predicted octanol–water partition coefficient (Wildman–Crippen LogP) is 3.67. The Balaban J connectivity index is 2.21. The second kappa shape index (κ2) is 6.52. The Morgan fingerprint density at radius 3 is 2.52 bits per heavy atom. The summed E-state index contributed by atoms with van der Waals surface area (Å²) in [4.78, 5) is 21.7. The van der Waals surface area contributed by atoms with Crippen molar-refractivity contribution < 1.29 is 9.53 Å². The molecule has 0 amide bonds. The van der Waals surface area contributed by atoms with E-state index in [4.69, 9.17) is 16.3 Å². The highest BCUT2D eigenvalue weighted by molar-refractivity contribution is 6.34. The fraction of sp³-hybridized carbons (Fsp3) is 0.278. The van der Waals surface area contributed by atoms with Gasteiger partial charge in [0.1, 0.15) is 18.6 Å². The highest BCUT2D eigenvalue weighted by atomic mass is 35.5. The maximum atomic E-state index is 12.7. The number of fused-ring (bicyclic) bond motifs is 1. The van der Waals surface area contributed by atoms with Crippen LogP contribution in [0.3, 0.4) is 0 Å². The normalized spacial score (nSPS) is 11.7. The fourth-order valence-corrected chi connectivity index (χ4v) is 2.80. The van der Waals surface area contributed by atoms with Gasteiger partial charge in [-0.05, 0) is 33.2 Å².